The number of aromatic nitrogens is 2. The zero-order valence-corrected chi connectivity index (χ0v) is 17.1. The number of anilines is 1. The molecule has 2 aromatic rings. The second kappa shape index (κ2) is 6.64. The third-order valence-electron chi connectivity index (χ3n) is 6.25. The molecule has 2 heterocycles. The number of fused-ring (bicyclic) bond motifs is 1. The van der Waals surface area contributed by atoms with Crippen LogP contribution in [0.4, 0.5) is 10.2 Å². The number of amidine groups is 1. The SMILES string of the molecule is CS(=N)(=O)N1CC2(CC(Nc3nonc3/C(=N\O)N[C@@H]3Cc4ccc(F)cc43)C2)C1. The predicted octanol–water partition coefficient (Wildman–Crippen LogP) is 1.70. The molecule has 0 bridgehead atoms. The van der Waals surface area contributed by atoms with Crippen molar-refractivity contribution < 1.29 is 18.4 Å². The Labute approximate surface area is 172 Å². The van der Waals surface area contributed by atoms with Gasteiger partial charge in [-0.3, -0.25) is 0 Å². The van der Waals surface area contributed by atoms with Gasteiger partial charge in [-0.25, -0.2) is 22.3 Å². The summed E-state index contributed by atoms with van der Waals surface area (Å²) in [7, 11) is -2.63. The Hall–Kier alpha value is -2.73. The number of nitrogens with zero attached hydrogens (tertiary/aromatic N) is 4. The topological polar surface area (TPSA) is 140 Å². The maximum atomic E-state index is 13.5. The van der Waals surface area contributed by atoms with Gasteiger partial charge >= 0.3 is 0 Å². The van der Waals surface area contributed by atoms with E-state index in [1.165, 1.54) is 18.4 Å². The molecule has 160 valence electrons. The Morgan fingerprint density at radius 1 is 1.43 bits per heavy atom. The minimum Gasteiger partial charge on any atom is -0.409 e. The summed E-state index contributed by atoms with van der Waals surface area (Å²) in [5.41, 5.74) is 2.21. The molecule has 1 aromatic carbocycles. The molecule has 1 spiro atoms. The van der Waals surface area contributed by atoms with E-state index in [0.717, 1.165) is 24.0 Å². The first-order valence-electron chi connectivity index (χ1n) is 9.62. The Morgan fingerprint density at radius 2 is 2.20 bits per heavy atom. The summed E-state index contributed by atoms with van der Waals surface area (Å²) in [6, 6.07) is 4.58. The van der Waals surface area contributed by atoms with Crippen molar-refractivity contribution in [3.63, 3.8) is 0 Å². The van der Waals surface area contributed by atoms with Crippen molar-refractivity contribution >= 4 is 21.6 Å². The van der Waals surface area contributed by atoms with E-state index in [2.05, 4.69) is 26.1 Å². The van der Waals surface area contributed by atoms with Crippen LogP contribution in [0.3, 0.4) is 0 Å². The van der Waals surface area contributed by atoms with Crippen LogP contribution in [0, 0.1) is 16.0 Å². The zero-order chi connectivity index (χ0) is 21.1. The third kappa shape index (κ3) is 3.19. The lowest BCUT2D eigenvalue weighted by atomic mass is 9.61. The smallest absolute Gasteiger partial charge is 0.202 e. The van der Waals surface area contributed by atoms with E-state index in [1.807, 2.05) is 0 Å². The van der Waals surface area contributed by atoms with Gasteiger partial charge in [0.15, 0.2) is 11.5 Å². The van der Waals surface area contributed by atoms with E-state index in [4.69, 9.17) is 9.41 Å². The quantitative estimate of drug-likeness (QED) is 0.243. The van der Waals surface area contributed by atoms with E-state index in [1.54, 1.807) is 10.4 Å². The average molecular weight is 435 g/mol. The fraction of sp³-hybridized carbons (Fsp3) is 0.500. The number of benzene rings is 1. The Balaban J connectivity index is 1.21. The number of halogens is 1. The summed E-state index contributed by atoms with van der Waals surface area (Å²) in [6.45, 7) is 1.33. The molecule has 0 amide bonds. The van der Waals surface area contributed by atoms with Crippen molar-refractivity contribution in [2.45, 2.75) is 31.3 Å². The molecule has 1 aromatic heterocycles. The second-order valence-corrected chi connectivity index (χ2v) is 10.6. The van der Waals surface area contributed by atoms with Gasteiger partial charge in [-0.15, -0.1) is 0 Å². The second-order valence-electron chi connectivity index (χ2n) is 8.50. The van der Waals surface area contributed by atoms with Crippen molar-refractivity contribution in [3.8, 4) is 0 Å². The lowest BCUT2D eigenvalue weighted by Gasteiger charge is -2.58. The molecule has 2 aliphatic carbocycles. The van der Waals surface area contributed by atoms with Gasteiger partial charge in [0.2, 0.25) is 5.82 Å². The monoisotopic (exact) mass is 435 g/mol. The lowest BCUT2D eigenvalue weighted by Crippen LogP contribution is -2.65. The van der Waals surface area contributed by atoms with E-state index in [0.29, 0.717) is 25.3 Å². The van der Waals surface area contributed by atoms with Gasteiger partial charge in [-0.05, 0) is 52.8 Å². The van der Waals surface area contributed by atoms with Crippen molar-refractivity contribution in [2.24, 2.45) is 10.6 Å². The molecule has 1 unspecified atom stereocenters. The molecule has 5 rings (SSSR count). The Bertz CT molecular complexity index is 1120. The van der Waals surface area contributed by atoms with Crippen LogP contribution in [-0.4, -0.2) is 55.3 Å². The highest BCUT2D eigenvalue weighted by molar-refractivity contribution is 7.89. The van der Waals surface area contributed by atoms with Gasteiger partial charge < -0.3 is 15.8 Å². The Kier molecular flexibility index (Phi) is 4.26. The van der Waals surface area contributed by atoms with Gasteiger partial charge in [0.1, 0.15) is 15.7 Å². The maximum Gasteiger partial charge on any atom is 0.202 e. The number of nitrogens with one attached hydrogen (secondary N) is 3. The minimum absolute atomic E-state index is 0.0978. The van der Waals surface area contributed by atoms with Gasteiger partial charge in [0, 0.05) is 30.8 Å². The molecule has 4 N–H and O–H groups in total. The normalized spacial score (nSPS) is 24.9. The lowest BCUT2D eigenvalue weighted by molar-refractivity contribution is -0.0154. The predicted molar refractivity (Wildman–Crippen MR) is 106 cm³/mol. The summed E-state index contributed by atoms with van der Waals surface area (Å²) in [5.74, 6) is 0.151. The van der Waals surface area contributed by atoms with E-state index in [9.17, 15) is 13.8 Å². The summed E-state index contributed by atoms with van der Waals surface area (Å²) in [4.78, 5) is 0. The highest BCUT2D eigenvalue weighted by Gasteiger charge is 2.54. The molecule has 1 saturated heterocycles. The molecule has 0 radical (unpaired) electrons. The number of hydrogen-bond donors (Lipinski definition) is 4. The highest BCUT2D eigenvalue weighted by atomic mass is 32.2. The summed E-state index contributed by atoms with van der Waals surface area (Å²) in [6.07, 6.45) is 3.85. The van der Waals surface area contributed by atoms with Gasteiger partial charge in [0.25, 0.3) is 0 Å². The molecule has 2 fully saturated rings. The molecule has 12 heteroatoms. The fourth-order valence-corrected chi connectivity index (χ4v) is 5.68. The van der Waals surface area contributed by atoms with Crippen LogP contribution in [0.2, 0.25) is 0 Å². The zero-order valence-electron chi connectivity index (χ0n) is 16.3. The van der Waals surface area contributed by atoms with Crippen LogP contribution in [0.5, 0.6) is 0 Å². The number of rotatable bonds is 5. The van der Waals surface area contributed by atoms with Crippen LogP contribution in [0.25, 0.3) is 0 Å². The van der Waals surface area contributed by atoms with Gasteiger partial charge in [-0.1, -0.05) is 11.2 Å². The van der Waals surface area contributed by atoms with E-state index < -0.39 is 9.92 Å². The van der Waals surface area contributed by atoms with Crippen LogP contribution in [0.15, 0.2) is 28.0 Å². The molecule has 1 saturated carbocycles. The Morgan fingerprint density at radius 3 is 2.90 bits per heavy atom. The van der Waals surface area contributed by atoms with Crippen LogP contribution in [0.1, 0.15) is 35.7 Å². The number of hydrogen-bond acceptors (Lipinski definition) is 8. The largest absolute Gasteiger partial charge is 0.409 e. The van der Waals surface area contributed by atoms with Gasteiger partial charge in [-0.2, -0.15) is 0 Å². The summed E-state index contributed by atoms with van der Waals surface area (Å²) in [5, 5.41) is 26.9. The first kappa shape index (κ1) is 19.2. The third-order valence-corrected chi connectivity index (χ3v) is 7.49. The van der Waals surface area contributed by atoms with Crippen molar-refractivity contribution in [3.05, 3.63) is 40.8 Å². The standard InChI is InChI=1S/C18H22FN7O3S/c1-30(20,28)26-8-18(9-26)6-12(7-18)21-17-15(24-29-25-17)16(23-27)22-14-4-10-2-3-11(19)5-13(10)14/h2-3,5,12,14,20,27H,4,6-9H2,1H3,(H,21,25)(H,22,23)/t14-,30?/m1/s1. The molecule has 1 aliphatic heterocycles. The van der Waals surface area contributed by atoms with E-state index in [-0.39, 0.29) is 34.8 Å². The molecule has 3 aliphatic rings. The first-order chi connectivity index (χ1) is 14.3. The molecular weight excluding hydrogens is 413 g/mol. The van der Waals surface area contributed by atoms with Gasteiger partial charge in [0.05, 0.1) is 6.04 Å². The highest BCUT2D eigenvalue weighted by Crippen LogP contribution is 2.50. The van der Waals surface area contributed by atoms with Crippen LogP contribution < -0.4 is 10.6 Å². The first-order valence-corrected chi connectivity index (χ1v) is 11.5. The van der Waals surface area contributed by atoms with E-state index >= 15 is 0 Å². The van der Waals surface area contributed by atoms with Crippen molar-refractivity contribution in [2.75, 3.05) is 24.7 Å². The fourth-order valence-electron chi connectivity index (χ4n) is 4.64. The summed E-state index contributed by atoms with van der Waals surface area (Å²) < 4.78 is 39.5. The molecule has 2 atom stereocenters. The summed E-state index contributed by atoms with van der Waals surface area (Å²) >= 11 is 0. The molecule has 30 heavy (non-hydrogen) atoms. The molecule has 10 nitrogen and oxygen atoms in total. The molecular formula is C18H22FN7O3S. The minimum atomic E-state index is -2.63. The maximum absolute atomic E-state index is 13.5. The number of oxime groups is 1. The average Bonchev–Trinajstić information content (AvgIpc) is 3.05. The van der Waals surface area contributed by atoms with Crippen LogP contribution in [-0.2, 0) is 16.3 Å². The van der Waals surface area contributed by atoms with Crippen molar-refractivity contribution in [1.82, 2.24) is 19.9 Å². The van der Waals surface area contributed by atoms with Crippen molar-refractivity contribution in [1.29, 1.82) is 4.78 Å². The van der Waals surface area contributed by atoms with Crippen LogP contribution >= 0.6 is 0 Å².